The second-order valence-electron chi connectivity index (χ2n) is 10.1. The van der Waals surface area contributed by atoms with Crippen LogP contribution in [0.1, 0.15) is 31.2 Å². The van der Waals surface area contributed by atoms with Crippen molar-refractivity contribution in [3.63, 3.8) is 0 Å². The van der Waals surface area contributed by atoms with Gasteiger partial charge in [-0.25, -0.2) is 14.4 Å². The SMILES string of the molecule is O=C(O)C(F)(F)F.O=C(O)C(F)(F)F.O=C(O)C(F)(F)F.O=C(O)[C@@H]1CCCC[C@H]1N1CCN(Cc2cnc3ccccc3c2)CC1. The van der Waals surface area contributed by atoms with E-state index in [1.54, 1.807) is 0 Å². The molecule has 2 atom stereocenters. The van der Waals surface area contributed by atoms with Gasteiger partial charge in [0.25, 0.3) is 0 Å². The molecule has 11 nitrogen and oxygen atoms in total. The van der Waals surface area contributed by atoms with Crippen molar-refractivity contribution in [2.24, 2.45) is 5.92 Å². The van der Waals surface area contributed by atoms with Crippen LogP contribution in [0.15, 0.2) is 36.5 Å². The molecule has 1 saturated heterocycles. The van der Waals surface area contributed by atoms with Crippen LogP contribution in [0, 0.1) is 5.92 Å². The minimum absolute atomic E-state index is 0.181. The number of halogens is 9. The van der Waals surface area contributed by atoms with Crippen molar-refractivity contribution in [2.75, 3.05) is 26.2 Å². The van der Waals surface area contributed by atoms with Gasteiger partial charge in [0.2, 0.25) is 0 Å². The molecule has 47 heavy (non-hydrogen) atoms. The number of para-hydroxylation sites is 1. The second-order valence-corrected chi connectivity index (χ2v) is 10.1. The summed E-state index contributed by atoms with van der Waals surface area (Å²) >= 11 is 0. The van der Waals surface area contributed by atoms with Crippen molar-refractivity contribution in [1.29, 1.82) is 0 Å². The van der Waals surface area contributed by atoms with E-state index in [-0.39, 0.29) is 12.0 Å². The zero-order valence-electron chi connectivity index (χ0n) is 24.1. The van der Waals surface area contributed by atoms with Crippen molar-refractivity contribution in [2.45, 2.75) is 56.8 Å². The Balaban J connectivity index is 0.000000430. The standard InChI is InChI=1S/C21H27N3O2.3C2HF3O2/c25-21(26)18-6-2-4-8-20(18)24-11-9-23(10-12-24)15-16-13-17-5-1-3-7-19(17)22-14-16;3*3-2(4,5)1(6)7/h1,3,5,7,13-14,18,20H,2,4,6,8-12,15H2,(H,25,26);3*(H,6,7)/t18-,20-;;;/m1.../s1. The second kappa shape index (κ2) is 17.6. The first-order chi connectivity index (χ1) is 21.5. The maximum absolute atomic E-state index is 11.6. The molecule has 0 spiro atoms. The van der Waals surface area contributed by atoms with E-state index in [0.717, 1.165) is 63.9 Å². The van der Waals surface area contributed by atoms with Crippen molar-refractivity contribution in [3.05, 3.63) is 42.1 Å². The van der Waals surface area contributed by atoms with Crippen molar-refractivity contribution in [1.82, 2.24) is 14.8 Å². The van der Waals surface area contributed by atoms with Gasteiger partial charge in [-0.3, -0.25) is 19.6 Å². The fourth-order valence-corrected chi connectivity index (χ4v) is 4.55. The van der Waals surface area contributed by atoms with Crippen LogP contribution in [0.2, 0.25) is 0 Å². The number of carbonyl (C=O) groups is 4. The average molecular weight is 696 g/mol. The molecular weight excluding hydrogens is 665 g/mol. The normalized spacial score (nSPS) is 19.1. The lowest BCUT2D eigenvalue weighted by atomic mass is 9.83. The number of hydrogen-bond donors (Lipinski definition) is 4. The quantitative estimate of drug-likeness (QED) is 0.321. The van der Waals surface area contributed by atoms with Crippen molar-refractivity contribution in [3.8, 4) is 0 Å². The molecule has 264 valence electrons. The molecule has 2 aliphatic rings. The summed E-state index contributed by atoms with van der Waals surface area (Å²) in [6, 6.07) is 10.7. The summed E-state index contributed by atoms with van der Waals surface area (Å²) in [5.74, 6) is -9.06. The fourth-order valence-electron chi connectivity index (χ4n) is 4.55. The highest BCUT2D eigenvalue weighted by Gasteiger charge is 2.39. The number of nitrogens with zero attached hydrogens (tertiary/aromatic N) is 3. The molecule has 1 aromatic carbocycles. The van der Waals surface area contributed by atoms with Crippen molar-refractivity contribution < 1.29 is 79.1 Å². The van der Waals surface area contributed by atoms with E-state index in [1.165, 1.54) is 10.9 Å². The molecule has 4 rings (SSSR count). The number of aromatic nitrogens is 1. The highest BCUT2D eigenvalue weighted by molar-refractivity contribution is 5.78. The third-order valence-corrected chi connectivity index (χ3v) is 6.70. The third kappa shape index (κ3) is 14.8. The number of carboxylic acids is 4. The molecule has 2 fully saturated rings. The number of alkyl halides is 9. The fraction of sp³-hybridized carbons (Fsp3) is 0.519. The van der Waals surface area contributed by atoms with Gasteiger partial charge in [0.05, 0.1) is 11.4 Å². The number of fused-ring (bicyclic) bond motifs is 1. The van der Waals surface area contributed by atoms with E-state index in [4.69, 9.17) is 29.7 Å². The molecular formula is C27H30F9N3O8. The lowest BCUT2D eigenvalue weighted by molar-refractivity contribution is -0.193. The summed E-state index contributed by atoms with van der Waals surface area (Å²) in [4.78, 5) is 47.7. The number of benzene rings is 1. The molecule has 4 N–H and O–H groups in total. The number of carboxylic acid groups (broad SMARTS) is 4. The van der Waals surface area contributed by atoms with Crippen LogP contribution in [-0.4, -0.2) is 110 Å². The predicted octanol–water partition coefficient (Wildman–Crippen LogP) is 4.90. The Morgan fingerprint density at radius 1 is 0.723 bits per heavy atom. The summed E-state index contributed by atoms with van der Waals surface area (Å²) in [7, 11) is 0. The molecule has 2 aromatic rings. The zero-order valence-corrected chi connectivity index (χ0v) is 24.1. The topological polar surface area (TPSA) is 169 Å². The number of hydrogen-bond acceptors (Lipinski definition) is 7. The van der Waals surface area contributed by atoms with E-state index < -0.39 is 42.4 Å². The molecule has 0 radical (unpaired) electrons. The molecule has 0 amide bonds. The number of pyridine rings is 1. The summed E-state index contributed by atoms with van der Waals surface area (Å²) in [5.41, 5.74) is 2.29. The van der Waals surface area contributed by atoms with E-state index in [1.807, 2.05) is 18.3 Å². The van der Waals surface area contributed by atoms with Gasteiger partial charge in [-0.15, -0.1) is 0 Å². The van der Waals surface area contributed by atoms with E-state index in [9.17, 15) is 49.4 Å². The van der Waals surface area contributed by atoms with E-state index in [0.29, 0.717) is 0 Å². The highest BCUT2D eigenvalue weighted by Crippen LogP contribution is 2.29. The maximum atomic E-state index is 11.6. The molecule has 1 saturated carbocycles. The Morgan fingerprint density at radius 3 is 1.62 bits per heavy atom. The number of aliphatic carboxylic acids is 4. The van der Waals surface area contributed by atoms with Crippen LogP contribution in [0.3, 0.4) is 0 Å². The minimum atomic E-state index is -5.08. The van der Waals surface area contributed by atoms with Crippen LogP contribution >= 0.6 is 0 Å². The molecule has 1 aromatic heterocycles. The van der Waals surface area contributed by atoms with Crippen LogP contribution < -0.4 is 0 Å². The van der Waals surface area contributed by atoms with Gasteiger partial charge in [-0.2, -0.15) is 39.5 Å². The smallest absolute Gasteiger partial charge is 0.481 e. The Kier molecular flexibility index (Phi) is 15.3. The first-order valence-electron chi connectivity index (χ1n) is 13.5. The lowest BCUT2D eigenvalue weighted by Crippen LogP contribution is -2.53. The average Bonchev–Trinajstić information content (AvgIpc) is 2.97. The number of piperazine rings is 1. The van der Waals surface area contributed by atoms with Gasteiger partial charge in [0, 0.05) is 50.3 Å². The van der Waals surface area contributed by atoms with Gasteiger partial charge in [0.1, 0.15) is 0 Å². The monoisotopic (exact) mass is 695 g/mol. The zero-order chi connectivity index (χ0) is 36.2. The molecule has 0 unspecified atom stereocenters. The molecule has 2 heterocycles. The van der Waals surface area contributed by atoms with Gasteiger partial charge < -0.3 is 20.4 Å². The summed E-state index contributed by atoms with van der Waals surface area (Å²) in [6.45, 7) is 4.84. The first kappa shape index (κ1) is 40.8. The van der Waals surface area contributed by atoms with Crippen LogP contribution in [0.4, 0.5) is 39.5 Å². The predicted molar refractivity (Wildman–Crippen MR) is 143 cm³/mol. The Hall–Kier alpha value is -4.20. The highest BCUT2D eigenvalue weighted by atomic mass is 19.4. The molecule has 20 heteroatoms. The molecule has 1 aliphatic carbocycles. The third-order valence-electron chi connectivity index (χ3n) is 6.70. The lowest BCUT2D eigenvalue weighted by Gasteiger charge is -2.43. The van der Waals surface area contributed by atoms with E-state index in [2.05, 4.69) is 33.0 Å². The largest absolute Gasteiger partial charge is 0.490 e. The minimum Gasteiger partial charge on any atom is -0.481 e. The summed E-state index contributed by atoms with van der Waals surface area (Å²) in [5, 5.41) is 32.1. The van der Waals surface area contributed by atoms with Gasteiger partial charge in [0.15, 0.2) is 0 Å². The van der Waals surface area contributed by atoms with Gasteiger partial charge in [-0.05, 0) is 30.5 Å². The van der Waals surface area contributed by atoms with E-state index >= 15 is 0 Å². The number of rotatable bonds is 4. The summed E-state index contributed by atoms with van der Waals surface area (Å²) in [6.07, 6.45) is -9.18. The van der Waals surface area contributed by atoms with Crippen LogP contribution in [0.25, 0.3) is 10.9 Å². The Labute approximate surface area is 260 Å². The van der Waals surface area contributed by atoms with Crippen LogP contribution in [0.5, 0.6) is 0 Å². The van der Waals surface area contributed by atoms with Gasteiger partial charge in [-0.1, -0.05) is 31.0 Å². The first-order valence-corrected chi connectivity index (χ1v) is 13.5. The Morgan fingerprint density at radius 2 is 1.17 bits per heavy atom. The maximum Gasteiger partial charge on any atom is 0.490 e. The summed E-state index contributed by atoms with van der Waals surface area (Å²) < 4.78 is 95.2. The molecule has 1 aliphatic heterocycles. The van der Waals surface area contributed by atoms with Gasteiger partial charge >= 0.3 is 42.4 Å². The van der Waals surface area contributed by atoms with Crippen LogP contribution in [-0.2, 0) is 25.7 Å². The van der Waals surface area contributed by atoms with Crippen molar-refractivity contribution >= 4 is 34.8 Å². The Bertz CT molecular complexity index is 1290. The molecule has 0 bridgehead atoms.